The van der Waals surface area contributed by atoms with E-state index in [1.165, 1.54) is 33.5 Å². The fourth-order valence-corrected chi connectivity index (χ4v) is 6.03. The Morgan fingerprint density at radius 3 is 2.43 bits per heavy atom. The number of ether oxygens (including phenoxy) is 3. The molecule has 0 radical (unpaired) electrons. The molecule has 0 saturated carbocycles. The first-order chi connectivity index (χ1) is 19.9. The molecule has 42 heavy (non-hydrogen) atoms. The molecular formula is C29H35F3N2O7S. The summed E-state index contributed by atoms with van der Waals surface area (Å²) in [7, 11) is -1.35. The molecular weight excluding hydrogens is 577 g/mol. The van der Waals surface area contributed by atoms with Crippen molar-refractivity contribution in [3.8, 4) is 11.5 Å². The molecule has 1 amide bonds. The van der Waals surface area contributed by atoms with Gasteiger partial charge in [-0.25, -0.2) is 0 Å². The van der Waals surface area contributed by atoms with Crippen molar-refractivity contribution in [3.63, 3.8) is 0 Å². The molecule has 0 bridgehead atoms. The Kier molecular flexibility index (Phi) is 10.9. The predicted octanol–water partition coefficient (Wildman–Crippen LogP) is 5.02. The number of anilines is 1. The smallest absolute Gasteiger partial charge is 0.497 e. The van der Waals surface area contributed by atoms with Gasteiger partial charge in [0.05, 0.1) is 33.4 Å². The number of hydrogen-bond donors (Lipinski definition) is 0. The van der Waals surface area contributed by atoms with Crippen molar-refractivity contribution >= 4 is 27.6 Å². The molecule has 3 rings (SSSR count). The fourth-order valence-electron chi connectivity index (χ4n) is 4.98. The minimum absolute atomic E-state index is 0.00740. The van der Waals surface area contributed by atoms with Crippen LogP contribution in [0.4, 0.5) is 18.9 Å². The summed E-state index contributed by atoms with van der Waals surface area (Å²) in [6.07, 6.45) is 3.65. The normalized spacial score (nSPS) is 15.8. The zero-order valence-electron chi connectivity index (χ0n) is 23.9. The molecule has 2 unspecified atom stereocenters. The molecule has 0 fully saturated rings. The summed E-state index contributed by atoms with van der Waals surface area (Å²) in [6, 6.07) is 11.2. The fraction of sp³-hybridized carbons (Fsp3) is 0.448. The van der Waals surface area contributed by atoms with Crippen molar-refractivity contribution in [1.82, 2.24) is 4.90 Å². The van der Waals surface area contributed by atoms with Gasteiger partial charge in [-0.2, -0.15) is 21.6 Å². The van der Waals surface area contributed by atoms with Crippen LogP contribution in [0.3, 0.4) is 0 Å². The Morgan fingerprint density at radius 2 is 1.81 bits per heavy atom. The third-order valence-corrected chi connectivity index (χ3v) is 8.64. The van der Waals surface area contributed by atoms with Gasteiger partial charge in [0.2, 0.25) is 5.91 Å². The van der Waals surface area contributed by atoms with Crippen molar-refractivity contribution in [2.45, 2.75) is 44.2 Å². The van der Waals surface area contributed by atoms with Gasteiger partial charge >= 0.3 is 21.5 Å². The lowest BCUT2D eigenvalue weighted by atomic mass is 9.96. The van der Waals surface area contributed by atoms with Crippen LogP contribution in [-0.2, 0) is 30.9 Å². The third-order valence-electron chi connectivity index (χ3n) is 7.13. The standard InChI is InChI=1S/C29H35F3N2O7S/c1-5-8-20(16-28(36)41-4)15-27(35)33(18-22-11-12-23(39-2)17-26(22)40-3)14-13-21-19-34(42(37,38)29(30,31)32)25-10-7-6-9-24(21)25/h5-12,17,20-21H,13-16,18-19H2,1-4H3. The van der Waals surface area contributed by atoms with Crippen molar-refractivity contribution < 1.29 is 45.4 Å². The van der Waals surface area contributed by atoms with Gasteiger partial charge in [-0.1, -0.05) is 30.4 Å². The second kappa shape index (κ2) is 14.0. The van der Waals surface area contributed by atoms with Crippen LogP contribution in [0.25, 0.3) is 0 Å². The molecule has 2 aromatic rings. The minimum Gasteiger partial charge on any atom is -0.497 e. The Hall–Kier alpha value is -3.74. The van der Waals surface area contributed by atoms with Crippen LogP contribution >= 0.6 is 0 Å². The first-order valence-corrected chi connectivity index (χ1v) is 14.7. The highest BCUT2D eigenvalue weighted by atomic mass is 32.2. The lowest BCUT2D eigenvalue weighted by Crippen LogP contribution is -2.40. The van der Waals surface area contributed by atoms with Gasteiger partial charge in [-0.3, -0.25) is 13.9 Å². The number of fused-ring (bicyclic) bond motifs is 1. The molecule has 13 heteroatoms. The van der Waals surface area contributed by atoms with E-state index in [2.05, 4.69) is 0 Å². The number of para-hydroxylation sites is 1. The van der Waals surface area contributed by atoms with E-state index >= 15 is 0 Å². The van der Waals surface area contributed by atoms with Gasteiger partial charge in [0.1, 0.15) is 11.5 Å². The van der Waals surface area contributed by atoms with E-state index in [9.17, 15) is 31.2 Å². The van der Waals surface area contributed by atoms with Gasteiger partial charge in [0.25, 0.3) is 0 Å². The van der Waals surface area contributed by atoms with Crippen molar-refractivity contribution in [3.05, 3.63) is 65.7 Å². The maximum atomic E-state index is 13.7. The number of halogens is 3. The number of nitrogens with zero attached hydrogens (tertiary/aromatic N) is 2. The molecule has 0 spiro atoms. The molecule has 0 saturated heterocycles. The van der Waals surface area contributed by atoms with Crippen LogP contribution in [0.15, 0.2) is 54.6 Å². The van der Waals surface area contributed by atoms with Crippen LogP contribution in [0, 0.1) is 5.92 Å². The van der Waals surface area contributed by atoms with Crippen molar-refractivity contribution in [2.75, 3.05) is 38.7 Å². The first kappa shape index (κ1) is 32.8. The van der Waals surface area contributed by atoms with Gasteiger partial charge in [-0.15, -0.1) is 0 Å². The highest BCUT2D eigenvalue weighted by molar-refractivity contribution is 7.93. The summed E-state index contributed by atoms with van der Waals surface area (Å²) in [5, 5.41) is 0. The molecule has 1 heterocycles. The topological polar surface area (TPSA) is 102 Å². The van der Waals surface area contributed by atoms with E-state index in [1.807, 2.05) is 0 Å². The number of rotatable bonds is 13. The van der Waals surface area contributed by atoms with Crippen LogP contribution in [0.1, 0.15) is 43.2 Å². The number of sulfonamides is 1. The number of amides is 1. The second-order valence-corrected chi connectivity index (χ2v) is 11.6. The number of carbonyl (C=O) groups excluding carboxylic acids is 2. The molecule has 1 aliphatic rings. The zero-order valence-corrected chi connectivity index (χ0v) is 24.7. The first-order valence-electron chi connectivity index (χ1n) is 13.2. The zero-order chi connectivity index (χ0) is 31.1. The van der Waals surface area contributed by atoms with E-state index in [0.29, 0.717) is 26.9 Å². The summed E-state index contributed by atoms with van der Waals surface area (Å²) >= 11 is 0. The second-order valence-electron chi connectivity index (χ2n) is 9.79. The predicted molar refractivity (Wildman–Crippen MR) is 151 cm³/mol. The number of carbonyl (C=O) groups is 2. The van der Waals surface area contributed by atoms with Crippen molar-refractivity contribution in [1.29, 1.82) is 0 Å². The van der Waals surface area contributed by atoms with Crippen LogP contribution in [0.2, 0.25) is 0 Å². The number of allylic oxidation sites excluding steroid dienone is 2. The lowest BCUT2D eigenvalue weighted by Gasteiger charge is -2.27. The molecule has 2 atom stereocenters. The average Bonchev–Trinajstić information content (AvgIpc) is 3.34. The Morgan fingerprint density at radius 1 is 1.10 bits per heavy atom. The molecule has 0 aromatic heterocycles. The van der Waals surface area contributed by atoms with Crippen LogP contribution < -0.4 is 13.8 Å². The Balaban J connectivity index is 1.90. The van der Waals surface area contributed by atoms with E-state index in [1.54, 1.807) is 54.3 Å². The molecule has 230 valence electrons. The highest BCUT2D eigenvalue weighted by Crippen LogP contribution is 2.43. The monoisotopic (exact) mass is 612 g/mol. The highest BCUT2D eigenvalue weighted by Gasteiger charge is 2.52. The molecule has 2 aromatic carbocycles. The maximum Gasteiger partial charge on any atom is 0.516 e. The average molecular weight is 613 g/mol. The summed E-state index contributed by atoms with van der Waals surface area (Å²) in [4.78, 5) is 27.1. The number of methoxy groups -OCH3 is 3. The quantitative estimate of drug-likeness (QED) is 0.231. The maximum absolute atomic E-state index is 13.7. The van der Waals surface area contributed by atoms with E-state index in [0.717, 1.165) is 0 Å². The number of benzene rings is 2. The molecule has 9 nitrogen and oxygen atoms in total. The lowest BCUT2D eigenvalue weighted by molar-refractivity contribution is -0.141. The van der Waals surface area contributed by atoms with Gasteiger partial charge in [0, 0.05) is 43.6 Å². The molecule has 0 N–H and O–H groups in total. The Labute approximate surface area is 243 Å². The summed E-state index contributed by atoms with van der Waals surface area (Å²) in [5.41, 5.74) is -4.36. The molecule has 0 aliphatic carbocycles. The summed E-state index contributed by atoms with van der Waals surface area (Å²) in [6.45, 7) is 1.57. The van der Waals surface area contributed by atoms with E-state index in [4.69, 9.17) is 14.2 Å². The number of alkyl halides is 3. The summed E-state index contributed by atoms with van der Waals surface area (Å²) in [5.74, 6) is -0.773. The third kappa shape index (κ3) is 7.55. The van der Waals surface area contributed by atoms with Gasteiger partial charge in [-0.05, 0) is 43.0 Å². The summed E-state index contributed by atoms with van der Waals surface area (Å²) < 4.78 is 80.9. The van der Waals surface area contributed by atoms with Gasteiger partial charge < -0.3 is 19.1 Å². The van der Waals surface area contributed by atoms with E-state index in [-0.39, 0.29) is 43.9 Å². The van der Waals surface area contributed by atoms with Gasteiger partial charge in [0.15, 0.2) is 0 Å². The van der Waals surface area contributed by atoms with Crippen molar-refractivity contribution in [2.24, 2.45) is 5.92 Å². The number of esters is 1. The minimum atomic E-state index is -5.60. The van der Waals surface area contributed by atoms with Crippen LogP contribution in [-0.4, -0.2) is 65.1 Å². The van der Waals surface area contributed by atoms with E-state index < -0.39 is 39.9 Å². The largest absolute Gasteiger partial charge is 0.516 e. The van der Waals surface area contributed by atoms with Crippen LogP contribution in [0.5, 0.6) is 11.5 Å². The number of hydrogen-bond acceptors (Lipinski definition) is 7. The Bertz CT molecular complexity index is 1400. The SMILES string of the molecule is CC=CC(CC(=O)OC)CC(=O)N(CCC1CN(S(=O)(=O)C(F)(F)F)c2ccccc21)Cc1ccc(OC)cc1OC. The molecule has 1 aliphatic heterocycles.